The Hall–Kier alpha value is 1.01. The molecule has 0 aliphatic carbocycles. The molecule has 2 atom stereocenters. The fourth-order valence-electron chi connectivity index (χ4n) is 4.17. The van der Waals surface area contributed by atoms with Gasteiger partial charge in [-0.3, -0.25) is 0 Å². The Labute approximate surface area is 361 Å². The maximum absolute atomic E-state index is 7.50. The molecule has 0 aromatic rings. The second-order valence-electron chi connectivity index (χ2n) is 10.3. The van der Waals surface area contributed by atoms with E-state index in [1.54, 1.807) is 12.3 Å². The molecular weight excluding hydrogens is 1280 g/mol. The van der Waals surface area contributed by atoms with E-state index in [0.717, 1.165) is 0 Å². The molecule has 0 aromatic carbocycles. The van der Waals surface area contributed by atoms with Gasteiger partial charge in [0, 0.05) is 42.1 Å². The summed E-state index contributed by atoms with van der Waals surface area (Å²) in [6, 6.07) is 0. The second kappa shape index (κ2) is 78.9. The predicted octanol–water partition coefficient (Wildman–Crippen LogP) is 9.48. The summed E-state index contributed by atoms with van der Waals surface area (Å²) in [5.74, 6) is 0. The third-order valence-corrected chi connectivity index (χ3v) is 27.9. The molecule has 10 nitrogen and oxygen atoms in total. The van der Waals surface area contributed by atoms with Crippen molar-refractivity contribution in [3.63, 3.8) is 0 Å². The summed E-state index contributed by atoms with van der Waals surface area (Å²) in [5, 5.41) is 0. The number of rotatable bonds is 14. The summed E-state index contributed by atoms with van der Waals surface area (Å²) < 4.78 is 77.7. The van der Waals surface area contributed by atoms with Gasteiger partial charge < -0.3 is 0 Å². The zero-order valence-electron chi connectivity index (χ0n) is 29.3. The van der Waals surface area contributed by atoms with Crippen LogP contribution < -0.4 is 0 Å². The number of hydrogen-bond acceptors (Lipinski definition) is 0. The monoisotopic (exact) mass is 1330 g/mol. The first kappa shape index (κ1) is 83.8. The Morgan fingerprint density at radius 3 is 0.740 bits per heavy atom. The minimum atomic E-state index is -1.19. The van der Waals surface area contributed by atoms with E-state index in [4.69, 9.17) is 46.5 Å². The number of allylic oxidation sites excluding steroid dienone is 2. The van der Waals surface area contributed by atoms with Gasteiger partial charge in [-0.2, -0.15) is 0 Å². The van der Waals surface area contributed by atoms with Crippen LogP contribution in [0, 0.1) is 66.5 Å². The smallest absolute Gasteiger partial charge is 0 e. The molecule has 0 spiro atoms. The molecule has 1 aliphatic heterocycles. The van der Waals surface area contributed by atoms with Crippen LogP contribution in [-0.4, -0.2) is 37.3 Å². The number of hydrogen-bond donors (Lipinski definition) is 0. The number of halogens is 2. The van der Waals surface area contributed by atoms with Crippen molar-refractivity contribution in [2.75, 3.05) is 21.2 Å². The topological polar surface area (TPSA) is 199 Å². The fraction of sp³-hybridized carbons (Fsp3) is 0.562. The van der Waals surface area contributed by atoms with E-state index in [1.807, 2.05) is 9.87 Å². The summed E-state index contributed by atoms with van der Waals surface area (Å²) >= 11 is 5.08. The average Bonchev–Trinajstić information content (AvgIpc) is 3.15. The molecule has 0 saturated heterocycles. The normalized spacial score (nSPS) is 12.1. The summed E-state index contributed by atoms with van der Waals surface area (Å²) in [4.78, 5) is 4.05. The van der Waals surface area contributed by atoms with Crippen molar-refractivity contribution in [2.45, 2.75) is 90.6 Å². The Balaban J connectivity index is -0.0000000563. The third kappa shape index (κ3) is 58.3. The Morgan fingerprint density at radius 1 is 0.400 bits per heavy atom. The van der Waals surface area contributed by atoms with E-state index in [9.17, 15) is 0 Å². The van der Waals surface area contributed by atoms with Gasteiger partial charge in [-0.15, -0.1) is 0 Å². The van der Waals surface area contributed by atoms with Gasteiger partial charge in [0.05, 0.1) is 22.2 Å². The summed E-state index contributed by atoms with van der Waals surface area (Å²) in [6.45, 7) is 60.7. The number of unbranched alkanes of at least 4 members (excludes halogenated alkanes) is 6. The van der Waals surface area contributed by atoms with E-state index < -0.39 is 16.1 Å². The molecule has 18 heteroatoms. The SMILES string of the molecule is C[Si](C)(C)C1=CC=C([Si](C)(C)C)[PH+](CCCCCCI)[PH+]1CCCCCCI.[C-]#[O+].[C-]#[O+].[C-]#[O+].[C-]#[O+].[C-]#[O+].[C-]#[O+].[C-]#[O+].[C-]#[O+].[C-]#[O+].[C-]#[O+].[W].[W]. The maximum Gasteiger partial charge on any atom is 0 e. The molecule has 1 rings (SSSR count). The fourth-order valence-corrected chi connectivity index (χ4v) is 32.8. The molecule has 1 heterocycles. The Bertz CT molecular complexity index is 806. The van der Waals surface area contributed by atoms with Crippen molar-refractivity contribution in [1.82, 2.24) is 0 Å². The van der Waals surface area contributed by atoms with E-state index in [2.05, 4.69) is 163 Å². The van der Waals surface area contributed by atoms with E-state index >= 15 is 0 Å². The molecule has 50 heavy (non-hydrogen) atoms. The molecule has 0 radical (unpaired) electrons. The Morgan fingerprint density at radius 2 is 0.580 bits per heavy atom. The van der Waals surface area contributed by atoms with Crippen LogP contribution in [0.2, 0.25) is 39.3 Å². The van der Waals surface area contributed by atoms with Crippen LogP contribution in [0.4, 0.5) is 0 Å². The average molecular weight is 1330 g/mol. The van der Waals surface area contributed by atoms with Crippen LogP contribution in [0.25, 0.3) is 0 Å². The molecule has 0 amide bonds. The van der Waals surface area contributed by atoms with Gasteiger partial charge in [-0.1, -0.05) is 97.3 Å². The standard InChI is InChI=1S/C22H46I2P2Si2.10CO.2W/c1-27(2,3)21-15-16-22(28(4,5)6)26(20-14-10-8-12-18-24)25(21)19-13-9-7-11-17-23;10*1-2;;/h15-16,25-26H,7-14,17-20H2,1-6H3;;;;;;;;;;;;/q+2;;;;;;;;;;;;. The zero-order chi connectivity index (χ0) is 41.2. The van der Waals surface area contributed by atoms with Gasteiger partial charge in [-0.25, -0.2) is 0 Å². The van der Waals surface area contributed by atoms with Crippen LogP contribution in [-0.2, 0) is 88.7 Å². The third-order valence-electron chi connectivity index (χ3n) is 5.67. The maximum atomic E-state index is 7.50. The van der Waals surface area contributed by atoms with Crippen molar-refractivity contribution in [3.05, 3.63) is 88.5 Å². The molecule has 0 bridgehead atoms. The zero-order valence-corrected chi connectivity index (χ0v) is 43.5. The van der Waals surface area contributed by atoms with Crippen LogP contribution in [0.1, 0.15) is 51.4 Å². The van der Waals surface area contributed by atoms with Gasteiger partial charge in [0.15, 0.2) is 0 Å². The van der Waals surface area contributed by atoms with Crippen LogP contribution in [0.15, 0.2) is 22.0 Å². The molecule has 0 saturated carbocycles. The minimum Gasteiger partial charge on any atom is 0 e. The largest absolute Gasteiger partial charge is 0 e. The first-order valence-corrected chi connectivity index (χ1v) is 27.9. The first-order chi connectivity index (χ1) is 23.1. The summed E-state index contributed by atoms with van der Waals surface area (Å²) in [7, 11) is -2.98. The Kier molecular flexibility index (Phi) is 132. The summed E-state index contributed by atoms with van der Waals surface area (Å²) in [6.07, 6.45) is 20.3. The van der Waals surface area contributed by atoms with Crippen molar-refractivity contribution in [3.8, 4) is 0 Å². The van der Waals surface area contributed by atoms with Crippen LogP contribution in [0.3, 0.4) is 0 Å². The molecule has 0 aromatic heterocycles. The van der Waals surface area contributed by atoms with Crippen molar-refractivity contribution < 1.29 is 88.7 Å². The predicted molar refractivity (Wildman–Crippen MR) is 203 cm³/mol. The van der Waals surface area contributed by atoms with Crippen molar-refractivity contribution in [2.24, 2.45) is 0 Å². The first-order valence-electron chi connectivity index (χ1n) is 13.4. The van der Waals surface area contributed by atoms with E-state index in [0.29, 0.717) is 0 Å². The molecule has 1 aliphatic rings. The van der Waals surface area contributed by atoms with Crippen molar-refractivity contribution in [1.29, 1.82) is 0 Å². The van der Waals surface area contributed by atoms with Gasteiger partial charge in [0.1, 0.15) is 31.4 Å². The van der Waals surface area contributed by atoms with Gasteiger partial charge >= 0.3 is 113 Å². The van der Waals surface area contributed by atoms with Crippen LogP contribution in [0.5, 0.6) is 0 Å². The quantitative estimate of drug-likeness (QED) is 0.0304. The van der Waals surface area contributed by atoms with E-state index in [-0.39, 0.29) is 57.4 Å². The van der Waals surface area contributed by atoms with Crippen LogP contribution >= 0.6 is 60.4 Å². The van der Waals surface area contributed by atoms with Crippen molar-refractivity contribution >= 4 is 76.5 Å². The number of alkyl halides is 2. The molecule has 0 fully saturated rings. The van der Waals surface area contributed by atoms with Gasteiger partial charge in [0.2, 0.25) is 0 Å². The molecule has 276 valence electrons. The molecule has 0 N–H and O–H groups in total. The van der Waals surface area contributed by atoms with Gasteiger partial charge in [-0.05, 0) is 59.5 Å². The summed E-state index contributed by atoms with van der Waals surface area (Å²) in [5.41, 5.74) is 0. The molecule has 2 unspecified atom stereocenters. The van der Waals surface area contributed by atoms with E-state index in [1.165, 1.54) is 60.2 Å². The second-order valence-corrected chi connectivity index (χ2v) is 31.2. The molecular formula is C32H46I2O10P2Si2W2+2. The minimum absolute atomic E-state index is 0. The van der Waals surface area contributed by atoms with Gasteiger partial charge in [0.25, 0.3) is 0 Å².